The summed E-state index contributed by atoms with van der Waals surface area (Å²) in [4.78, 5) is 2.40. The molecule has 0 aliphatic carbocycles. The molecule has 0 saturated carbocycles. The zero-order valence-corrected chi connectivity index (χ0v) is 18.3. The number of rotatable bonds is 4. The summed E-state index contributed by atoms with van der Waals surface area (Å²) in [6, 6.07) is 43.3. The molecule has 0 N–H and O–H groups in total. The van der Waals surface area contributed by atoms with Crippen LogP contribution in [-0.2, 0) is 0 Å². The summed E-state index contributed by atoms with van der Waals surface area (Å²) in [5, 5.41) is 0. The molecular formula is C27H23BF4N2. The zero-order valence-electron chi connectivity index (χ0n) is 18.3. The number of anilines is 1. The maximum Gasteiger partial charge on any atom is 0.673 e. The van der Waals surface area contributed by atoms with E-state index in [0.29, 0.717) is 0 Å². The van der Waals surface area contributed by atoms with Gasteiger partial charge < -0.3 is 17.3 Å². The van der Waals surface area contributed by atoms with E-state index in [9.17, 15) is 17.3 Å². The van der Waals surface area contributed by atoms with Gasteiger partial charge in [-0.15, -0.1) is 0 Å². The lowest BCUT2D eigenvalue weighted by Gasteiger charge is -2.24. The molecule has 5 rings (SSSR count). The first-order valence-electron chi connectivity index (χ1n) is 10.9. The topological polar surface area (TPSA) is 6.25 Å². The van der Waals surface area contributed by atoms with Crippen LogP contribution >= 0.6 is 0 Å². The first kappa shape index (κ1) is 23.3. The highest BCUT2D eigenvalue weighted by atomic mass is 19.5. The van der Waals surface area contributed by atoms with Gasteiger partial charge in [0.15, 0.2) is 12.1 Å². The Balaban J connectivity index is 0.000000499. The molecule has 2 nitrogen and oxygen atoms in total. The Bertz CT molecular complexity index is 1200. The van der Waals surface area contributed by atoms with Crippen LogP contribution in [0.3, 0.4) is 0 Å². The minimum absolute atomic E-state index is 0.168. The van der Waals surface area contributed by atoms with Crippen molar-refractivity contribution >= 4 is 25.0 Å². The van der Waals surface area contributed by atoms with E-state index < -0.39 is 7.25 Å². The molecule has 0 saturated heterocycles. The summed E-state index contributed by atoms with van der Waals surface area (Å²) in [7, 11) is -6.00. The summed E-state index contributed by atoms with van der Waals surface area (Å²) in [5.74, 6) is 0. The Morgan fingerprint density at radius 1 is 0.559 bits per heavy atom. The smallest absolute Gasteiger partial charge is 0.418 e. The number of nitrogens with zero attached hydrogens (tertiary/aromatic N) is 2. The first-order valence-corrected chi connectivity index (χ1v) is 10.9. The zero-order chi connectivity index (χ0) is 24.0. The van der Waals surface area contributed by atoms with E-state index in [1.54, 1.807) is 0 Å². The highest BCUT2D eigenvalue weighted by Gasteiger charge is 2.45. The van der Waals surface area contributed by atoms with Crippen LogP contribution < -0.4 is 4.90 Å². The SMILES string of the molecule is C1=[N+](c2ccccc2)[C@@H](c2ccccc2)[C@H](c2ccccc2)N1c1ccccc1.F[B-](F)(F)F. The third-order valence-electron chi connectivity index (χ3n) is 5.54. The van der Waals surface area contributed by atoms with Crippen LogP contribution in [0.4, 0.5) is 28.6 Å². The summed E-state index contributed by atoms with van der Waals surface area (Å²) < 4.78 is 41.4. The molecule has 1 aliphatic rings. The Kier molecular flexibility index (Phi) is 7.11. The predicted octanol–water partition coefficient (Wildman–Crippen LogP) is 7.66. The van der Waals surface area contributed by atoms with Gasteiger partial charge >= 0.3 is 7.25 Å². The Morgan fingerprint density at radius 3 is 1.47 bits per heavy atom. The van der Waals surface area contributed by atoms with Crippen molar-refractivity contribution in [2.24, 2.45) is 0 Å². The lowest BCUT2D eigenvalue weighted by Crippen LogP contribution is -2.26. The average molecular weight is 462 g/mol. The van der Waals surface area contributed by atoms with Crippen LogP contribution in [0.2, 0.25) is 0 Å². The molecule has 0 spiro atoms. The Hall–Kier alpha value is -3.87. The molecule has 34 heavy (non-hydrogen) atoms. The fourth-order valence-electron chi connectivity index (χ4n) is 4.22. The number of benzene rings is 4. The van der Waals surface area contributed by atoms with Gasteiger partial charge in [-0.3, -0.25) is 0 Å². The molecule has 0 unspecified atom stereocenters. The van der Waals surface area contributed by atoms with E-state index >= 15 is 0 Å². The minimum atomic E-state index is -6.00. The quantitative estimate of drug-likeness (QED) is 0.171. The van der Waals surface area contributed by atoms with Crippen molar-refractivity contribution in [2.75, 3.05) is 4.90 Å². The van der Waals surface area contributed by atoms with Crippen molar-refractivity contribution < 1.29 is 21.8 Å². The van der Waals surface area contributed by atoms with Crippen LogP contribution in [0.15, 0.2) is 121 Å². The third kappa shape index (κ3) is 5.73. The molecule has 172 valence electrons. The van der Waals surface area contributed by atoms with E-state index in [2.05, 4.69) is 137 Å². The molecule has 1 aliphatic heterocycles. The summed E-state index contributed by atoms with van der Waals surface area (Å²) in [5.41, 5.74) is 5.00. The number of para-hydroxylation sites is 2. The third-order valence-corrected chi connectivity index (χ3v) is 5.54. The molecule has 7 heteroatoms. The van der Waals surface area contributed by atoms with Crippen molar-refractivity contribution in [1.29, 1.82) is 0 Å². The molecule has 1 heterocycles. The predicted molar refractivity (Wildman–Crippen MR) is 130 cm³/mol. The fraction of sp³-hybridized carbons (Fsp3) is 0.0741. The summed E-state index contributed by atoms with van der Waals surface area (Å²) in [6.45, 7) is 0. The van der Waals surface area contributed by atoms with Crippen molar-refractivity contribution in [1.82, 2.24) is 0 Å². The van der Waals surface area contributed by atoms with Crippen LogP contribution in [0, 0.1) is 0 Å². The fourth-order valence-corrected chi connectivity index (χ4v) is 4.22. The molecule has 0 aromatic heterocycles. The van der Waals surface area contributed by atoms with Crippen LogP contribution in [-0.4, -0.2) is 18.2 Å². The highest BCUT2D eigenvalue weighted by Crippen LogP contribution is 2.44. The second-order valence-electron chi connectivity index (χ2n) is 7.81. The van der Waals surface area contributed by atoms with Gasteiger partial charge in [-0.1, -0.05) is 97.1 Å². The van der Waals surface area contributed by atoms with E-state index in [-0.39, 0.29) is 12.1 Å². The highest BCUT2D eigenvalue weighted by molar-refractivity contribution is 6.50. The number of halogens is 4. The Morgan fingerprint density at radius 2 is 0.971 bits per heavy atom. The molecule has 0 radical (unpaired) electrons. The van der Waals surface area contributed by atoms with Crippen molar-refractivity contribution in [3.8, 4) is 0 Å². The largest absolute Gasteiger partial charge is 0.673 e. The van der Waals surface area contributed by atoms with Crippen LogP contribution in [0.25, 0.3) is 0 Å². The van der Waals surface area contributed by atoms with Gasteiger partial charge in [0.2, 0.25) is 6.34 Å². The van der Waals surface area contributed by atoms with Crippen molar-refractivity contribution in [3.63, 3.8) is 0 Å². The van der Waals surface area contributed by atoms with Gasteiger partial charge in [-0.05, 0) is 24.3 Å². The second kappa shape index (κ2) is 10.4. The molecule has 4 aromatic rings. The lowest BCUT2D eigenvalue weighted by molar-refractivity contribution is -0.481. The molecular weight excluding hydrogens is 439 g/mol. The van der Waals surface area contributed by atoms with Crippen molar-refractivity contribution in [3.05, 3.63) is 132 Å². The minimum Gasteiger partial charge on any atom is -0.418 e. The van der Waals surface area contributed by atoms with Gasteiger partial charge in [0.05, 0.1) is 0 Å². The molecule has 0 amide bonds. The molecule has 4 aromatic carbocycles. The van der Waals surface area contributed by atoms with Gasteiger partial charge in [-0.2, -0.15) is 0 Å². The van der Waals surface area contributed by atoms with Crippen LogP contribution in [0.1, 0.15) is 23.2 Å². The van der Waals surface area contributed by atoms with Gasteiger partial charge in [0, 0.05) is 11.1 Å². The van der Waals surface area contributed by atoms with Crippen LogP contribution in [0.5, 0.6) is 0 Å². The van der Waals surface area contributed by atoms with E-state index in [1.807, 2.05) is 0 Å². The maximum atomic E-state index is 9.75. The van der Waals surface area contributed by atoms with Gasteiger partial charge in [0.25, 0.3) is 0 Å². The van der Waals surface area contributed by atoms with E-state index in [4.69, 9.17) is 0 Å². The molecule has 0 fully saturated rings. The normalized spacial score (nSPS) is 17.5. The summed E-state index contributed by atoms with van der Waals surface area (Å²) in [6.07, 6.45) is 2.26. The number of hydrogen-bond donors (Lipinski definition) is 0. The monoisotopic (exact) mass is 462 g/mol. The summed E-state index contributed by atoms with van der Waals surface area (Å²) >= 11 is 0. The standard InChI is InChI=1S/C27H23N2.BF4/c1-5-13-22(14-6-1)26-27(23-15-7-2-8-16-23)29(25-19-11-4-12-20-25)21-28(26)24-17-9-3-10-18-24;2-1(3,4)5/h1-21,26-27H;/q+1;-1/t26-,27-;/m0./s1. The van der Waals surface area contributed by atoms with Gasteiger partial charge in [0.1, 0.15) is 11.4 Å². The molecule has 0 bridgehead atoms. The average Bonchev–Trinajstić information content (AvgIpc) is 3.26. The van der Waals surface area contributed by atoms with E-state index in [1.165, 1.54) is 22.5 Å². The second-order valence-corrected chi connectivity index (χ2v) is 7.81. The number of hydrogen-bond acceptors (Lipinski definition) is 1. The van der Waals surface area contributed by atoms with E-state index in [0.717, 1.165) is 0 Å². The lowest BCUT2D eigenvalue weighted by atomic mass is 9.92. The van der Waals surface area contributed by atoms with Gasteiger partial charge in [-0.25, -0.2) is 9.48 Å². The Labute approximate surface area is 196 Å². The first-order chi connectivity index (χ1) is 16.4. The molecule has 2 atom stereocenters. The maximum absolute atomic E-state index is 9.75. The van der Waals surface area contributed by atoms with Crippen molar-refractivity contribution in [2.45, 2.75) is 12.1 Å².